The fraction of sp³-hybridized carbons (Fsp3) is 0. The van der Waals surface area contributed by atoms with E-state index in [0.717, 1.165) is 0 Å². The van der Waals surface area contributed by atoms with Gasteiger partial charge >= 0.3 is 0 Å². The summed E-state index contributed by atoms with van der Waals surface area (Å²) in [5.41, 5.74) is -0.551. The van der Waals surface area contributed by atoms with E-state index >= 15 is 0 Å². The lowest BCUT2D eigenvalue weighted by Crippen LogP contribution is -1.74. The molecule has 0 heterocycles. The maximum absolute atomic E-state index is 10.7. The van der Waals surface area contributed by atoms with Crippen molar-refractivity contribution in [3.63, 3.8) is 0 Å². The molecule has 0 bridgehead atoms. The van der Waals surface area contributed by atoms with Crippen molar-refractivity contribution in [2.24, 2.45) is 0 Å². The smallest absolute Gasteiger partial charge is 0.150 e. The molecule has 0 aromatic heterocycles. The van der Waals surface area contributed by atoms with E-state index in [1.165, 1.54) is 0 Å². The number of halogens is 1. The minimum absolute atomic E-state index is 0.343. The topological polar surface area (TPSA) is 17.1 Å². The highest BCUT2D eigenvalue weighted by Crippen LogP contribution is 2.07. The average molecular weight is 146 g/mol. The van der Waals surface area contributed by atoms with Crippen molar-refractivity contribution >= 4 is 17.9 Å². The monoisotopic (exact) mass is 145 g/mol. The third kappa shape index (κ3) is 1.54. The molecular formula is C7H5ClO. The number of hydrogen-bond acceptors (Lipinski definition) is 1. The Bertz CT molecular complexity index is 388. The second kappa shape index (κ2) is 2.65. The van der Waals surface area contributed by atoms with Crippen LogP contribution in [0.3, 0.4) is 0 Å². The van der Waals surface area contributed by atoms with Crippen molar-refractivity contribution < 1.29 is 11.6 Å². The van der Waals surface area contributed by atoms with Crippen LogP contribution < -0.4 is 0 Å². The van der Waals surface area contributed by atoms with E-state index in [1.807, 2.05) is 0 Å². The van der Waals surface area contributed by atoms with E-state index in [2.05, 4.69) is 0 Å². The molecule has 1 aromatic rings. The second-order valence-corrected chi connectivity index (χ2v) is 1.67. The molecule has 0 radical (unpaired) electrons. The first-order valence-corrected chi connectivity index (χ1v) is 2.52. The Morgan fingerprint density at radius 2 is 2.11 bits per heavy atom. The summed E-state index contributed by atoms with van der Waals surface area (Å²) in [7, 11) is 0. The Labute approximate surface area is 65.3 Å². The summed E-state index contributed by atoms with van der Waals surface area (Å²) in [6.07, 6.45) is -1.25. The van der Waals surface area contributed by atoms with Crippen molar-refractivity contribution in [2.75, 3.05) is 0 Å². The van der Waals surface area contributed by atoms with E-state index in [1.54, 1.807) is 0 Å². The Morgan fingerprint density at radius 1 is 1.56 bits per heavy atom. The Hall–Kier alpha value is -0.820. The summed E-state index contributed by atoms with van der Waals surface area (Å²) in [4.78, 5) is 10.7. The molecule has 0 saturated carbocycles. The standard InChI is InChI=1S/C7H5ClO/c8-7-3-1-6(5-9)2-4-7/h1-5H/i1D,2D,3D,4D,5D. The first kappa shape index (κ1) is 2.43. The molecular weight excluding hydrogens is 136 g/mol. The average Bonchev–Trinajstić information content (AvgIpc) is 2.11. The summed E-state index contributed by atoms with van der Waals surface area (Å²) in [6.45, 7) is 0. The first-order valence-electron chi connectivity index (χ1n) is 4.64. The third-order valence-corrected chi connectivity index (χ3v) is 0.886. The van der Waals surface area contributed by atoms with Crippen LogP contribution in [-0.4, -0.2) is 6.26 Å². The Balaban J connectivity index is 3.68. The van der Waals surface area contributed by atoms with Crippen LogP contribution in [0.2, 0.25) is 5.02 Å². The molecule has 0 aliphatic rings. The van der Waals surface area contributed by atoms with Crippen molar-refractivity contribution in [1.29, 1.82) is 0 Å². The summed E-state index contributed by atoms with van der Waals surface area (Å²) in [5, 5.41) is -0.343. The van der Waals surface area contributed by atoms with Gasteiger partial charge in [-0.1, -0.05) is 23.7 Å². The maximum Gasteiger partial charge on any atom is 0.150 e. The number of hydrogen-bond donors (Lipinski definition) is 0. The summed E-state index contributed by atoms with van der Waals surface area (Å²) in [5.74, 6) is 0. The van der Waals surface area contributed by atoms with Crippen LogP contribution in [0.5, 0.6) is 0 Å². The summed E-state index contributed by atoms with van der Waals surface area (Å²) < 4.78 is 35.9. The van der Waals surface area contributed by atoms with Gasteiger partial charge in [0.2, 0.25) is 0 Å². The lowest BCUT2D eigenvalue weighted by molar-refractivity contribution is 0.112. The predicted octanol–water partition coefficient (Wildman–Crippen LogP) is 2.15. The van der Waals surface area contributed by atoms with Crippen LogP contribution in [0, 0.1) is 0 Å². The molecule has 1 rings (SSSR count). The van der Waals surface area contributed by atoms with Gasteiger partial charge in [-0.3, -0.25) is 4.79 Å². The zero-order valence-electron chi connectivity index (χ0n) is 9.29. The second-order valence-electron chi connectivity index (χ2n) is 1.29. The van der Waals surface area contributed by atoms with E-state index < -0.39 is 36.0 Å². The molecule has 0 fully saturated rings. The van der Waals surface area contributed by atoms with Gasteiger partial charge < -0.3 is 0 Å². The van der Waals surface area contributed by atoms with Crippen molar-refractivity contribution in [1.82, 2.24) is 0 Å². The number of rotatable bonds is 1. The first-order chi connectivity index (χ1) is 6.37. The largest absolute Gasteiger partial charge is 0.298 e. The zero-order valence-corrected chi connectivity index (χ0v) is 5.04. The molecule has 0 amide bonds. The molecule has 0 aliphatic carbocycles. The maximum atomic E-state index is 10.7. The van der Waals surface area contributed by atoms with Crippen LogP contribution >= 0.6 is 11.6 Å². The normalized spacial score (nSPS) is 16.8. The number of carbonyl (C=O) groups is 1. The van der Waals surface area contributed by atoms with Crippen molar-refractivity contribution in [2.45, 2.75) is 0 Å². The van der Waals surface area contributed by atoms with Crippen LogP contribution in [0.4, 0.5) is 0 Å². The lowest BCUT2D eigenvalue weighted by Gasteiger charge is -1.87. The highest BCUT2D eigenvalue weighted by molar-refractivity contribution is 6.30. The molecule has 1 aromatic carbocycles. The van der Waals surface area contributed by atoms with E-state index in [9.17, 15) is 4.79 Å². The van der Waals surface area contributed by atoms with E-state index in [-0.39, 0.29) is 5.02 Å². The van der Waals surface area contributed by atoms with Gasteiger partial charge in [-0.25, -0.2) is 0 Å². The lowest BCUT2D eigenvalue weighted by atomic mass is 10.2. The van der Waals surface area contributed by atoms with E-state index in [4.69, 9.17) is 18.5 Å². The zero-order chi connectivity index (χ0) is 11.0. The van der Waals surface area contributed by atoms with Crippen molar-refractivity contribution in [3.8, 4) is 0 Å². The van der Waals surface area contributed by atoms with Gasteiger partial charge in [0.25, 0.3) is 0 Å². The number of aldehydes is 1. The van der Waals surface area contributed by atoms with Gasteiger partial charge in [0.1, 0.15) is 7.63 Å². The minimum Gasteiger partial charge on any atom is -0.298 e. The van der Waals surface area contributed by atoms with Gasteiger partial charge in [0.15, 0.2) is 0 Å². The molecule has 1 nitrogen and oxygen atoms in total. The molecule has 46 valence electrons. The molecule has 0 unspecified atom stereocenters. The highest BCUT2D eigenvalue weighted by atomic mass is 35.5. The Kier molecular flexibility index (Phi) is 0.714. The van der Waals surface area contributed by atoms with Crippen LogP contribution in [0.1, 0.15) is 17.2 Å². The Morgan fingerprint density at radius 3 is 2.56 bits per heavy atom. The molecule has 0 atom stereocenters. The third-order valence-electron chi connectivity index (χ3n) is 0.697. The summed E-state index contributed by atoms with van der Waals surface area (Å²) in [6, 6.07) is -2.14. The fourth-order valence-electron chi connectivity index (χ4n) is 0.348. The SMILES string of the molecule is [2H]C(=O)c1c([2H])c([2H])c(Cl)c([2H])c1[2H]. The van der Waals surface area contributed by atoms with Gasteiger partial charge in [-0.2, -0.15) is 0 Å². The summed E-state index contributed by atoms with van der Waals surface area (Å²) >= 11 is 5.48. The molecule has 9 heavy (non-hydrogen) atoms. The number of carbonyl (C=O) groups excluding carboxylic acids is 1. The molecule has 2 heteroatoms. The van der Waals surface area contributed by atoms with Crippen LogP contribution in [0.15, 0.2) is 24.2 Å². The van der Waals surface area contributed by atoms with Gasteiger partial charge in [-0.05, 0) is 12.1 Å². The van der Waals surface area contributed by atoms with Crippen LogP contribution in [-0.2, 0) is 0 Å². The molecule has 0 spiro atoms. The number of benzene rings is 1. The predicted molar refractivity (Wildman–Crippen MR) is 36.8 cm³/mol. The van der Waals surface area contributed by atoms with Gasteiger partial charge in [0, 0.05) is 10.6 Å². The fourth-order valence-corrected chi connectivity index (χ4v) is 0.443. The minimum atomic E-state index is -1.25. The quantitative estimate of drug-likeness (QED) is 0.554. The molecule has 0 aliphatic heterocycles. The molecule has 0 N–H and O–H groups in total. The van der Waals surface area contributed by atoms with Crippen LogP contribution in [0.25, 0.3) is 0 Å². The van der Waals surface area contributed by atoms with Gasteiger partial charge in [-0.15, -0.1) is 0 Å². The van der Waals surface area contributed by atoms with Gasteiger partial charge in [0.05, 0.1) is 5.48 Å². The van der Waals surface area contributed by atoms with Crippen molar-refractivity contribution in [3.05, 3.63) is 34.8 Å². The van der Waals surface area contributed by atoms with E-state index in [0.29, 0.717) is 0 Å². The highest BCUT2D eigenvalue weighted by Gasteiger charge is 1.86. The molecule has 0 saturated heterocycles.